The minimum Gasteiger partial charge on any atom is -0.398 e. The Kier molecular flexibility index (Phi) is 2.94. The van der Waals surface area contributed by atoms with Gasteiger partial charge in [-0.15, -0.1) is 0 Å². The molecule has 2 rings (SSSR count). The number of nitrogens with zero attached hydrogens (tertiary/aromatic N) is 1. The summed E-state index contributed by atoms with van der Waals surface area (Å²) in [5, 5.41) is 0. The predicted octanol–water partition coefficient (Wildman–Crippen LogP) is 3.02. The molecule has 0 saturated carbocycles. The van der Waals surface area contributed by atoms with Crippen molar-refractivity contribution in [2.45, 2.75) is 40.3 Å². The summed E-state index contributed by atoms with van der Waals surface area (Å²) in [7, 11) is 0. The first-order valence-electron chi connectivity index (χ1n) is 6.04. The maximum atomic E-state index is 5.99. The van der Waals surface area contributed by atoms with Crippen molar-refractivity contribution in [3.05, 3.63) is 29.3 Å². The second-order valence-corrected chi connectivity index (χ2v) is 6.01. The Labute approximate surface area is 98.4 Å². The van der Waals surface area contributed by atoms with Gasteiger partial charge in [-0.25, -0.2) is 0 Å². The first kappa shape index (κ1) is 11.5. The smallest absolute Gasteiger partial charge is 0.0363 e. The van der Waals surface area contributed by atoms with Crippen molar-refractivity contribution in [1.29, 1.82) is 0 Å². The van der Waals surface area contributed by atoms with Gasteiger partial charge in [0.25, 0.3) is 0 Å². The van der Waals surface area contributed by atoms with Crippen LogP contribution in [-0.2, 0) is 13.1 Å². The summed E-state index contributed by atoms with van der Waals surface area (Å²) < 4.78 is 0. The van der Waals surface area contributed by atoms with Gasteiger partial charge >= 0.3 is 0 Å². The van der Waals surface area contributed by atoms with Gasteiger partial charge in [-0.05, 0) is 35.6 Å². The fraction of sp³-hybridized carbons (Fsp3) is 0.571. The Morgan fingerprint density at radius 1 is 1.25 bits per heavy atom. The minimum atomic E-state index is 0.417. The van der Waals surface area contributed by atoms with Gasteiger partial charge < -0.3 is 5.73 Å². The molecule has 0 radical (unpaired) electrons. The number of hydrogen-bond acceptors (Lipinski definition) is 2. The van der Waals surface area contributed by atoms with Crippen molar-refractivity contribution in [3.8, 4) is 0 Å². The maximum Gasteiger partial charge on any atom is 0.0363 e. The molecule has 2 N–H and O–H groups in total. The van der Waals surface area contributed by atoms with Crippen LogP contribution >= 0.6 is 0 Å². The van der Waals surface area contributed by atoms with Crippen LogP contribution in [0.5, 0.6) is 0 Å². The molecule has 2 nitrogen and oxygen atoms in total. The van der Waals surface area contributed by atoms with Gasteiger partial charge in [0.2, 0.25) is 0 Å². The quantitative estimate of drug-likeness (QED) is 0.773. The molecule has 1 aliphatic rings. The van der Waals surface area contributed by atoms with Crippen LogP contribution in [0.4, 0.5) is 5.69 Å². The lowest BCUT2D eigenvalue weighted by Gasteiger charge is -2.22. The van der Waals surface area contributed by atoms with Crippen molar-refractivity contribution in [3.63, 3.8) is 0 Å². The molecule has 0 spiro atoms. The highest BCUT2D eigenvalue weighted by Gasteiger charge is 2.21. The number of nitrogen functional groups attached to an aromatic ring is 1. The zero-order valence-electron chi connectivity index (χ0n) is 10.6. The molecule has 0 saturated heterocycles. The zero-order chi connectivity index (χ0) is 11.8. The summed E-state index contributed by atoms with van der Waals surface area (Å²) >= 11 is 0. The van der Waals surface area contributed by atoms with E-state index in [0.717, 1.165) is 25.3 Å². The third-order valence-corrected chi connectivity index (χ3v) is 3.26. The molecular weight excluding hydrogens is 196 g/mol. The molecular formula is C14H22N2. The topological polar surface area (TPSA) is 29.3 Å². The minimum absolute atomic E-state index is 0.417. The van der Waals surface area contributed by atoms with E-state index in [9.17, 15) is 0 Å². The van der Waals surface area contributed by atoms with Crippen LogP contribution in [0.25, 0.3) is 0 Å². The molecule has 0 aromatic heterocycles. The highest BCUT2D eigenvalue weighted by molar-refractivity contribution is 5.52. The number of hydrogen-bond donors (Lipinski definition) is 1. The summed E-state index contributed by atoms with van der Waals surface area (Å²) in [5.41, 5.74) is 10.1. The Bertz CT molecular complexity index is 377. The van der Waals surface area contributed by atoms with E-state index in [1.165, 1.54) is 17.5 Å². The van der Waals surface area contributed by atoms with Gasteiger partial charge in [0.05, 0.1) is 0 Å². The van der Waals surface area contributed by atoms with E-state index in [0.29, 0.717) is 5.41 Å². The van der Waals surface area contributed by atoms with E-state index in [1.54, 1.807) is 0 Å². The van der Waals surface area contributed by atoms with E-state index in [-0.39, 0.29) is 0 Å². The largest absolute Gasteiger partial charge is 0.398 e. The third kappa shape index (κ3) is 2.56. The Balaban J connectivity index is 1.98. The Hall–Kier alpha value is -1.02. The lowest BCUT2D eigenvalue weighted by Crippen LogP contribution is -2.22. The summed E-state index contributed by atoms with van der Waals surface area (Å²) in [6, 6.07) is 6.26. The van der Waals surface area contributed by atoms with E-state index < -0.39 is 0 Å². The highest BCUT2D eigenvalue weighted by atomic mass is 15.1. The fourth-order valence-electron chi connectivity index (χ4n) is 2.17. The summed E-state index contributed by atoms with van der Waals surface area (Å²) in [6.45, 7) is 10.1. The first-order chi connectivity index (χ1) is 7.46. The SMILES string of the molecule is CC(C)(C)CCN1Cc2cccc(N)c2C1. The van der Waals surface area contributed by atoms with E-state index in [4.69, 9.17) is 5.73 Å². The fourth-order valence-corrected chi connectivity index (χ4v) is 2.17. The van der Waals surface area contributed by atoms with Crippen molar-refractivity contribution in [2.24, 2.45) is 5.41 Å². The molecule has 88 valence electrons. The van der Waals surface area contributed by atoms with Crippen LogP contribution < -0.4 is 5.73 Å². The predicted molar refractivity (Wildman–Crippen MR) is 69.0 cm³/mol. The molecule has 0 bridgehead atoms. The average molecular weight is 218 g/mol. The third-order valence-electron chi connectivity index (χ3n) is 3.26. The second kappa shape index (κ2) is 4.10. The van der Waals surface area contributed by atoms with Gasteiger partial charge in [0.1, 0.15) is 0 Å². The molecule has 1 aliphatic heterocycles. The Morgan fingerprint density at radius 2 is 2.00 bits per heavy atom. The summed E-state index contributed by atoms with van der Waals surface area (Å²) in [5.74, 6) is 0. The molecule has 2 heteroatoms. The standard InChI is InChI=1S/C14H22N2/c1-14(2,3)7-8-16-9-11-5-4-6-13(15)12(11)10-16/h4-6H,7-10,15H2,1-3H3. The lowest BCUT2D eigenvalue weighted by atomic mass is 9.92. The average Bonchev–Trinajstić information content (AvgIpc) is 2.58. The number of fused-ring (bicyclic) bond motifs is 1. The molecule has 1 aromatic carbocycles. The van der Waals surface area contributed by atoms with Gasteiger partial charge in [-0.2, -0.15) is 0 Å². The molecule has 1 aromatic rings. The van der Waals surface area contributed by atoms with Gasteiger partial charge in [-0.1, -0.05) is 32.9 Å². The maximum absolute atomic E-state index is 5.99. The van der Waals surface area contributed by atoms with Gasteiger partial charge in [0.15, 0.2) is 0 Å². The number of nitrogens with two attached hydrogens (primary N) is 1. The number of rotatable bonds is 2. The lowest BCUT2D eigenvalue weighted by molar-refractivity contribution is 0.232. The van der Waals surface area contributed by atoms with Crippen molar-refractivity contribution in [1.82, 2.24) is 4.90 Å². The van der Waals surface area contributed by atoms with Crippen molar-refractivity contribution >= 4 is 5.69 Å². The van der Waals surface area contributed by atoms with Crippen LogP contribution in [-0.4, -0.2) is 11.4 Å². The summed E-state index contributed by atoms with van der Waals surface area (Å²) in [6.07, 6.45) is 1.24. The Morgan fingerprint density at radius 3 is 2.62 bits per heavy atom. The second-order valence-electron chi connectivity index (χ2n) is 6.01. The van der Waals surface area contributed by atoms with Crippen molar-refractivity contribution < 1.29 is 0 Å². The van der Waals surface area contributed by atoms with Crippen LogP contribution in [0, 0.1) is 5.41 Å². The highest BCUT2D eigenvalue weighted by Crippen LogP contribution is 2.29. The van der Waals surface area contributed by atoms with Crippen LogP contribution in [0.15, 0.2) is 18.2 Å². The molecule has 16 heavy (non-hydrogen) atoms. The molecule has 0 aliphatic carbocycles. The van der Waals surface area contributed by atoms with E-state index >= 15 is 0 Å². The van der Waals surface area contributed by atoms with E-state index in [1.807, 2.05) is 6.07 Å². The van der Waals surface area contributed by atoms with Gasteiger partial charge in [0, 0.05) is 18.8 Å². The number of benzene rings is 1. The van der Waals surface area contributed by atoms with E-state index in [2.05, 4.69) is 37.8 Å². The van der Waals surface area contributed by atoms with Crippen LogP contribution in [0.3, 0.4) is 0 Å². The molecule has 1 heterocycles. The monoisotopic (exact) mass is 218 g/mol. The molecule has 0 fully saturated rings. The van der Waals surface area contributed by atoms with Crippen LogP contribution in [0.1, 0.15) is 38.3 Å². The first-order valence-corrected chi connectivity index (χ1v) is 6.04. The zero-order valence-corrected chi connectivity index (χ0v) is 10.6. The van der Waals surface area contributed by atoms with Crippen LogP contribution in [0.2, 0.25) is 0 Å². The molecule has 0 atom stereocenters. The number of anilines is 1. The summed E-state index contributed by atoms with van der Waals surface area (Å²) in [4.78, 5) is 2.49. The molecule has 0 unspecified atom stereocenters. The normalized spacial score (nSPS) is 16.4. The van der Waals surface area contributed by atoms with Gasteiger partial charge in [-0.3, -0.25) is 4.90 Å². The molecule has 0 amide bonds. The van der Waals surface area contributed by atoms with Crippen molar-refractivity contribution in [2.75, 3.05) is 12.3 Å².